The maximum atomic E-state index is 13.6. The third-order valence-corrected chi connectivity index (χ3v) is 2.87. The molecule has 1 atom stereocenters. The van der Waals surface area contributed by atoms with Gasteiger partial charge in [0, 0.05) is 17.6 Å². The SMILES string of the molecule is CCC(C)(CN)c1ccc(N)cc1F. The van der Waals surface area contributed by atoms with Gasteiger partial charge in [-0.2, -0.15) is 0 Å². The van der Waals surface area contributed by atoms with Crippen LogP contribution in [0.25, 0.3) is 0 Å². The van der Waals surface area contributed by atoms with Crippen molar-refractivity contribution in [2.75, 3.05) is 12.3 Å². The highest BCUT2D eigenvalue weighted by molar-refractivity contribution is 5.42. The highest BCUT2D eigenvalue weighted by Gasteiger charge is 2.25. The summed E-state index contributed by atoms with van der Waals surface area (Å²) in [4.78, 5) is 0. The molecule has 78 valence electrons. The molecular weight excluding hydrogens is 179 g/mol. The third-order valence-electron chi connectivity index (χ3n) is 2.87. The summed E-state index contributed by atoms with van der Waals surface area (Å²) in [5.74, 6) is -0.264. The number of anilines is 1. The van der Waals surface area contributed by atoms with Crippen molar-refractivity contribution in [3.63, 3.8) is 0 Å². The van der Waals surface area contributed by atoms with E-state index in [0.717, 1.165) is 6.42 Å². The van der Waals surface area contributed by atoms with Crippen LogP contribution in [0.5, 0.6) is 0 Å². The predicted octanol–water partition coefficient (Wildman–Crippen LogP) is 2.03. The fourth-order valence-corrected chi connectivity index (χ4v) is 1.47. The molecule has 1 aromatic rings. The zero-order valence-electron chi connectivity index (χ0n) is 8.68. The summed E-state index contributed by atoms with van der Waals surface area (Å²) in [5.41, 5.74) is 11.9. The standard InChI is InChI=1S/C11H17FN2/c1-3-11(2,7-13)9-5-4-8(14)6-10(9)12/h4-6H,3,7,13-14H2,1-2H3. The van der Waals surface area contributed by atoms with Crippen LogP contribution in [0.1, 0.15) is 25.8 Å². The van der Waals surface area contributed by atoms with Gasteiger partial charge in [0.1, 0.15) is 5.82 Å². The summed E-state index contributed by atoms with van der Waals surface area (Å²) >= 11 is 0. The molecule has 0 saturated carbocycles. The van der Waals surface area contributed by atoms with Crippen LogP contribution in [0.3, 0.4) is 0 Å². The van der Waals surface area contributed by atoms with Crippen molar-refractivity contribution in [3.05, 3.63) is 29.6 Å². The second-order valence-electron chi connectivity index (χ2n) is 3.86. The summed E-state index contributed by atoms with van der Waals surface area (Å²) in [6.45, 7) is 4.40. The molecule has 14 heavy (non-hydrogen) atoms. The third kappa shape index (κ3) is 1.87. The minimum absolute atomic E-state index is 0.264. The van der Waals surface area contributed by atoms with Crippen LogP contribution in [0, 0.1) is 5.82 Å². The van der Waals surface area contributed by atoms with Gasteiger partial charge < -0.3 is 11.5 Å². The van der Waals surface area contributed by atoms with Gasteiger partial charge in [-0.05, 0) is 24.1 Å². The van der Waals surface area contributed by atoms with Gasteiger partial charge in [-0.1, -0.05) is 19.9 Å². The van der Waals surface area contributed by atoms with Crippen LogP contribution in [0.15, 0.2) is 18.2 Å². The molecule has 0 aliphatic heterocycles. The molecule has 1 rings (SSSR count). The van der Waals surface area contributed by atoms with Crippen molar-refractivity contribution < 1.29 is 4.39 Å². The van der Waals surface area contributed by atoms with Crippen molar-refractivity contribution in [2.24, 2.45) is 5.73 Å². The number of hydrogen-bond donors (Lipinski definition) is 2. The second-order valence-corrected chi connectivity index (χ2v) is 3.86. The van der Waals surface area contributed by atoms with Gasteiger partial charge in [0.2, 0.25) is 0 Å². The Balaban J connectivity index is 3.17. The van der Waals surface area contributed by atoms with E-state index >= 15 is 0 Å². The monoisotopic (exact) mass is 196 g/mol. The lowest BCUT2D eigenvalue weighted by Crippen LogP contribution is -2.32. The van der Waals surface area contributed by atoms with E-state index in [1.807, 2.05) is 13.8 Å². The summed E-state index contributed by atoms with van der Waals surface area (Å²) in [7, 11) is 0. The molecule has 3 heteroatoms. The fraction of sp³-hybridized carbons (Fsp3) is 0.455. The smallest absolute Gasteiger partial charge is 0.129 e. The van der Waals surface area contributed by atoms with Crippen LogP contribution < -0.4 is 11.5 Å². The van der Waals surface area contributed by atoms with Gasteiger partial charge in [-0.25, -0.2) is 4.39 Å². The lowest BCUT2D eigenvalue weighted by Gasteiger charge is -2.27. The van der Waals surface area contributed by atoms with Crippen LogP contribution in [0.2, 0.25) is 0 Å². The Bertz CT molecular complexity index is 319. The van der Waals surface area contributed by atoms with Gasteiger partial charge in [-0.15, -0.1) is 0 Å². The molecule has 1 unspecified atom stereocenters. The average molecular weight is 196 g/mol. The van der Waals surface area contributed by atoms with Crippen LogP contribution >= 0.6 is 0 Å². The lowest BCUT2D eigenvalue weighted by atomic mass is 9.80. The van der Waals surface area contributed by atoms with Gasteiger partial charge in [-0.3, -0.25) is 0 Å². The van der Waals surface area contributed by atoms with E-state index in [4.69, 9.17) is 11.5 Å². The molecule has 0 saturated heterocycles. The number of benzene rings is 1. The van der Waals surface area contributed by atoms with Crippen molar-refractivity contribution in [3.8, 4) is 0 Å². The Morgan fingerprint density at radius 1 is 1.43 bits per heavy atom. The summed E-state index contributed by atoms with van der Waals surface area (Å²) in [5, 5.41) is 0. The summed E-state index contributed by atoms with van der Waals surface area (Å²) in [6, 6.07) is 4.78. The molecule has 0 aliphatic rings. The van der Waals surface area contributed by atoms with Gasteiger partial charge in [0.05, 0.1) is 0 Å². The number of hydrogen-bond acceptors (Lipinski definition) is 2. The molecule has 1 aromatic carbocycles. The molecule has 4 N–H and O–H groups in total. The molecule has 0 bridgehead atoms. The zero-order valence-corrected chi connectivity index (χ0v) is 8.68. The number of halogens is 1. The van der Waals surface area contributed by atoms with E-state index in [0.29, 0.717) is 17.8 Å². The Morgan fingerprint density at radius 2 is 2.07 bits per heavy atom. The molecular formula is C11H17FN2. The first-order valence-corrected chi connectivity index (χ1v) is 4.79. The maximum absolute atomic E-state index is 13.6. The fourth-order valence-electron chi connectivity index (χ4n) is 1.47. The van der Waals surface area contributed by atoms with E-state index in [-0.39, 0.29) is 11.2 Å². The average Bonchev–Trinajstić information content (AvgIpc) is 2.17. The molecule has 0 aromatic heterocycles. The van der Waals surface area contributed by atoms with Crippen molar-refractivity contribution in [1.29, 1.82) is 0 Å². The summed E-state index contributed by atoms with van der Waals surface area (Å²) < 4.78 is 13.6. The van der Waals surface area contributed by atoms with Crippen molar-refractivity contribution in [1.82, 2.24) is 0 Å². The number of rotatable bonds is 3. The summed E-state index contributed by atoms with van der Waals surface area (Å²) in [6.07, 6.45) is 0.810. The van der Waals surface area contributed by atoms with Crippen LogP contribution in [0.4, 0.5) is 10.1 Å². The van der Waals surface area contributed by atoms with E-state index in [9.17, 15) is 4.39 Å². The largest absolute Gasteiger partial charge is 0.399 e. The van der Waals surface area contributed by atoms with Crippen molar-refractivity contribution in [2.45, 2.75) is 25.7 Å². The highest BCUT2D eigenvalue weighted by Crippen LogP contribution is 2.29. The minimum Gasteiger partial charge on any atom is -0.399 e. The van der Waals surface area contributed by atoms with E-state index in [1.165, 1.54) is 6.07 Å². The first-order valence-electron chi connectivity index (χ1n) is 4.79. The van der Waals surface area contributed by atoms with Gasteiger partial charge in [0.25, 0.3) is 0 Å². The molecule has 0 radical (unpaired) electrons. The lowest BCUT2D eigenvalue weighted by molar-refractivity contribution is 0.439. The normalized spacial score (nSPS) is 15.1. The second kappa shape index (κ2) is 3.96. The molecule has 0 spiro atoms. The first kappa shape index (κ1) is 11.0. The van der Waals surface area contributed by atoms with E-state index < -0.39 is 0 Å². The van der Waals surface area contributed by atoms with E-state index in [1.54, 1.807) is 12.1 Å². The quantitative estimate of drug-likeness (QED) is 0.727. The predicted molar refractivity (Wildman–Crippen MR) is 57.5 cm³/mol. The van der Waals surface area contributed by atoms with Gasteiger partial charge >= 0.3 is 0 Å². The Kier molecular flexibility index (Phi) is 3.11. The maximum Gasteiger partial charge on any atom is 0.129 e. The zero-order chi connectivity index (χ0) is 10.8. The molecule has 0 amide bonds. The van der Waals surface area contributed by atoms with E-state index in [2.05, 4.69) is 0 Å². The first-order chi connectivity index (χ1) is 6.53. The Hall–Kier alpha value is -1.09. The number of nitrogens with two attached hydrogens (primary N) is 2. The Morgan fingerprint density at radius 3 is 2.50 bits per heavy atom. The highest BCUT2D eigenvalue weighted by atomic mass is 19.1. The van der Waals surface area contributed by atoms with Crippen LogP contribution in [-0.2, 0) is 5.41 Å². The molecule has 0 fully saturated rings. The van der Waals surface area contributed by atoms with Crippen LogP contribution in [-0.4, -0.2) is 6.54 Å². The molecule has 2 nitrogen and oxygen atoms in total. The topological polar surface area (TPSA) is 52.0 Å². The van der Waals surface area contributed by atoms with Crippen molar-refractivity contribution >= 4 is 5.69 Å². The molecule has 0 heterocycles. The molecule has 0 aliphatic carbocycles. The minimum atomic E-state index is -0.294. The number of nitrogen functional groups attached to an aromatic ring is 1. The van der Waals surface area contributed by atoms with Gasteiger partial charge in [0.15, 0.2) is 0 Å². The Labute approximate surface area is 84.1 Å².